The van der Waals surface area contributed by atoms with E-state index in [1.807, 2.05) is 0 Å². The van der Waals surface area contributed by atoms with Gasteiger partial charge in [0.25, 0.3) is 0 Å². The number of hydrogen-bond donors (Lipinski definition) is 1. The quantitative estimate of drug-likeness (QED) is 0.869. The second kappa shape index (κ2) is 7.20. The lowest BCUT2D eigenvalue weighted by molar-refractivity contribution is -0.137. The summed E-state index contributed by atoms with van der Waals surface area (Å²) in [6.07, 6.45) is -3.39. The first-order chi connectivity index (χ1) is 10.3. The van der Waals surface area contributed by atoms with Crippen LogP contribution in [0.25, 0.3) is 0 Å². The highest BCUT2D eigenvalue weighted by molar-refractivity contribution is 6.32. The van der Waals surface area contributed by atoms with Crippen LogP contribution in [0.1, 0.15) is 31.4 Å². The summed E-state index contributed by atoms with van der Waals surface area (Å²) in [5, 5.41) is 3.14. The van der Waals surface area contributed by atoms with Gasteiger partial charge < -0.3 is 5.32 Å². The van der Waals surface area contributed by atoms with Gasteiger partial charge in [0.1, 0.15) is 0 Å². The Morgan fingerprint density at radius 2 is 2.09 bits per heavy atom. The largest absolute Gasteiger partial charge is 0.417 e. The van der Waals surface area contributed by atoms with E-state index >= 15 is 0 Å². The molecule has 22 heavy (non-hydrogen) atoms. The smallest absolute Gasteiger partial charge is 0.315 e. The molecule has 0 aliphatic carbocycles. The van der Waals surface area contributed by atoms with Crippen molar-refractivity contribution in [3.63, 3.8) is 0 Å². The molecule has 0 unspecified atom stereocenters. The highest BCUT2D eigenvalue weighted by Crippen LogP contribution is 2.36. The zero-order valence-corrected chi connectivity index (χ0v) is 13.6. The molecule has 1 aliphatic rings. The number of rotatable bonds is 5. The Balaban J connectivity index is 2.22. The van der Waals surface area contributed by atoms with Crippen molar-refractivity contribution in [3.05, 3.63) is 34.3 Å². The third-order valence-corrected chi connectivity index (χ3v) is 4.35. The summed E-state index contributed by atoms with van der Waals surface area (Å²) in [5.74, 6) is 0.449. The van der Waals surface area contributed by atoms with Gasteiger partial charge in [0, 0.05) is 25.7 Å². The lowest BCUT2D eigenvalue weighted by atomic mass is 10.1. The molecule has 1 fully saturated rings. The number of benzene rings is 1. The molecule has 0 spiro atoms. The van der Waals surface area contributed by atoms with Gasteiger partial charge in [-0.2, -0.15) is 13.2 Å². The minimum absolute atomic E-state index is 0.172. The normalized spacial score (nSPS) is 19.4. The average molecular weight is 335 g/mol. The second-order valence-electron chi connectivity index (χ2n) is 6.25. The maximum absolute atomic E-state index is 13.0. The van der Waals surface area contributed by atoms with Crippen molar-refractivity contribution in [1.82, 2.24) is 10.2 Å². The minimum Gasteiger partial charge on any atom is -0.315 e. The van der Waals surface area contributed by atoms with E-state index in [-0.39, 0.29) is 5.02 Å². The van der Waals surface area contributed by atoms with Gasteiger partial charge in [-0.3, -0.25) is 4.90 Å². The van der Waals surface area contributed by atoms with E-state index in [0.717, 1.165) is 32.1 Å². The van der Waals surface area contributed by atoms with Crippen molar-refractivity contribution in [2.24, 2.45) is 5.92 Å². The monoisotopic (exact) mass is 334 g/mol. The zero-order chi connectivity index (χ0) is 16.3. The van der Waals surface area contributed by atoms with Crippen LogP contribution in [0.4, 0.5) is 13.2 Å². The third-order valence-electron chi connectivity index (χ3n) is 3.91. The summed E-state index contributed by atoms with van der Waals surface area (Å²) >= 11 is 6.02. The van der Waals surface area contributed by atoms with Crippen LogP contribution in [-0.2, 0) is 12.7 Å². The molecule has 0 amide bonds. The standard InChI is InChI=1S/C16H22ClF3N2/c1-11(2)9-22(13-6-7-21-8-13)10-12-4-3-5-14(15(12)17)16(18,19)20/h3-5,11,13,21H,6-10H2,1-2H3/t13-/m1/s1. The summed E-state index contributed by atoms with van der Waals surface area (Å²) in [6, 6.07) is 4.51. The van der Waals surface area contributed by atoms with Crippen LogP contribution < -0.4 is 5.32 Å². The van der Waals surface area contributed by atoms with E-state index in [1.165, 1.54) is 6.07 Å². The Labute approximate surface area is 134 Å². The number of nitrogens with one attached hydrogen (secondary N) is 1. The van der Waals surface area contributed by atoms with E-state index in [0.29, 0.717) is 24.1 Å². The molecule has 0 saturated carbocycles. The first-order valence-electron chi connectivity index (χ1n) is 7.58. The molecule has 1 heterocycles. The van der Waals surface area contributed by atoms with Crippen molar-refractivity contribution in [2.45, 2.75) is 39.0 Å². The molecule has 6 heteroatoms. The van der Waals surface area contributed by atoms with Gasteiger partial charge in [-0.05, 0) is 30.5 Å². The molecule has 1 N–H and O–H groups in total. The Hall–Kier alpha value is -0.780. The summed E-state index contributed by atoms with van der Waals surface area (Å²) in [4.78, 5) is 2.24. The SMILES string of the molecule is CC(C)CN(Cc1cccc(C(F)(F)F)c1Cl)[C@@H]1CCNC1. The van der Waals surface area contributed by atoms with Crippen molar-refractivity contribution in [3.8, 4) is 0 Å². The summed E-state index contributed by atoms with van der Waals surface area (Å²) in [5.41, 5.74) is -0.204. The maximum atomic E-state index is 13.0. The summed E-state index contributed by atoms with van der Waals surface area (Å²) in [6.45, 7) is 7.36. The highest BCUT2D eigenvalue weighted by Gasteiger charge is 2.34. The van der Waals surface area contributed by atoms with Gasteiger partial charge in [0.2, 0.25) is 0 Å². The van der Waals surface area contributed by atoms with Gasteiger partial charge >= 0.3 is 6.18 Å². The van der Waals surface area contributed by atoms with E-state index < -0.39 is 11.7 Å². The number of hydrogen-bond acceptors (Lipinski definition) is 2. The predicted octanol–water partition coefficient (Wildman–Crippen LogP) is 4.18. The summed E-state index contributed by atoms with van der Waals surface area (Å²) in [7, 11) is 0. The van der Waals surface area contributed by atoms with Gasteiger partial charge in [0.15, 0.2) is 0 Å². The van der Waals surface area contributed by atoms with Gasteiger partial charge in [-0.15, -0.1) is 0 Å². The van der Waals surface area contributed by atoms with Crippen LogP contribution in [0, 0.1) is 5.92 Å². The Kier molecular flexibility index (Phi) is 5.75. The van der Waals surface area contributed by atoms with Crippen LogP contribution in [-0.4, -0.2) is 30.6 Å². The molecular formula is C16H22ClF3N2. The number of nitrogens with zero attached hydrogens (tertiary/aromatic N) is 1. The molecule has 1 saturated heterocycles. The first kappa shape index (κ1) is 17.6. The van der Waals surface area contributed by atoms with Gasteiger partial charge in [-0.25, -0.2) is 0 Å². The van der Waals surface area contributed by atoms with E-state index in [2.05, 4.69) is 24.1 Å². The third kappa shape index (κ3) is 4.37. The molecule has 0 aromatic heterocycles. The Bertz CT molecular complexity index is 497. The molecule has 2 rings (SSSR count). The molecule has 0 radical (unpaired) electrons. The van der Waals surface area contributed by atoms with E-state index in [1.54, 1.807) is 6.07 Å². The summed E-state index contributed by atoms with van der Waals surface area (Å²) < 4.78 is 38.9. The molecule has 124 valence electrons. The molecule has 0 bridgehead atoms. The minimum atomic E-state index is -4.41. The fourth-order valence-electron chi connectivity index (χ4n) is 2.90. The molecule has 1 aromatic carbocycles. The van der Waals surface area contributed by atoms with Gasteiger partial charge in [-0.1, -0.05) is 37.6 Å². The highest BCUT2D eigenvalue weighted by atomic mass is 35.5. The van der Waals surface area contributed by atoms with E-state index in [9.17, 15) is 13.2 Å². The first-order valence-corrected chi connectivity index (χ1v) is 7.96. The lowest BCUT2D eigenvalue weighted by Gasteiger charge is -2.30. The van der Waals surface area contributed by atoms with Crippen LogP contribution >= 0.6 is 11.6 Å². The van der Waals surface area contributed by atoms with Crippen molar-refractivity contribution in [1.29, 1.82) is 0 Å². The Morgan fingerprint density at radius 3 is 2.64 bits per heavy atom. The molecule has 1 aromatic rings. The van der Waals surface area contributed by atoms with Crippen molar-refractivity contribution in [2.75, 3.05) is 19.6 Å². The molecule has 2 nitrogen and oxygen atoms in total. The average Bonchev–Trinajstić information content (AvgIpc) is 2.92. The fourth-order valence-corrected chi connectivity index (χ4v) is 3.20. The van der Waals surface area contributed by atoms with Crippen molar-refractivity contribution >= 4 is 11.6 Å². The van der Waals surface area contributed by atoms with Crippen LogP contribution in [0.2, 0.25) is 5.02 Å². The van der Waals surface area contributed by atoms with E-state index in [4.69, 9.17) is 11.6 Å². The van der Waals surface area contributed by atoms with Crippen molar-refractivity contribution < 1.29 is 13.2 Å². The maximum Gasteiger partial charge on any atom is 0.417 e. The number of alkyl halides is 3. The predicted molar refractivity (Wildman–Crippen MR) is 83.0 cm³/mol. The molecule has 1 aliphatic heterocycles. The lowest BCUT2D eigenvalue weighted by Crippen LogP contribution is -2.38. The second-order valence-corrected chi connectivity index (χ2v) is 6.62. The van der Waals surface area contributed by atoms with Crippen LogP contribution in [0.5, 0.6) is 0 Å². The van der Waals surface area contributed by atoms with Gasteiger partial charge in [0.05, 0.1) is 10.6 Å². The topological polar surface area (TPSA) is 15.3 Å². The van der Waals surface area contributed by atoms with Crippen LogP contribution in [0.15, 0.2) is 18.2 Å². The molecule has 1 atom stereocenters. The zero-order valence-electron chi connectivity index (χ0n) is 12.9. The number of halogens is 4. The van der Waals surface area contributed by atoms with Crippen LogP contribution in [0.3, 0.4) is 0 Å². The molecular weight excluding hydrogens is 313 g/mol. The Morgan fingerprint density at radius 1 is 1.36 bits per heavy atom. The fraction of sp³-hybridized carbons (Fsp3) is 0.625.